The van der Waals surface area contributed by atoms with E-state index in [1.807, 2.05) is 42.2 Å². The Bertz CT molecular complexity index is 539. The van der Waals surface area contributed by atoms with Crippen molar-refractivity contribution in [2.75, 3.05) is 0 Å². The molecule has 0 aliphatic rings. The quantitative estimate of drug-likeness (QED) is 0.833. The van der Waals surface area contributed by atoms with E-state index in [1.54, 1.807) is 0 Å². The third-order valence-electron chi connectivity index (χ3n) is 3.01. The van der Waals surface area contributed by atoms with Crippen LogP contribution in [0, 0.1) is 3.57 Å². The van der Waals surface area contributed by atoms with Crippen molar-refractivity contribution in [2.45, 2.75) is 18.9 Å². The molecule has 1 aromatic heterocycles. The number of benzene rings is 1. The fraction of sp³-hybridized carbons (Fsp3) is 0.308. The lowest BCUT2D eigenvalue weighted by Crippen LogP contribution is -2.12. The first-order valence-electron chi connectivity index (χ1n) is 5.75. The first kappa shape index (κ1) is 13.8. The summed E-state index contributed by atoms with van der Waals surface area (Å²) >= 11 is 8.32. The standard InChI is InChI=1S/C13H15ClIN3/c1-18-10(6-7-17-18)3-5-13(16)9-2-4-12(15)11(14)8-9/h2,4,6-8,13H,3,5,16H2,1H3. The van der Waals surface area contributed by atoms with Crippen molar-refractivity contribution in [3.63, 3.8) is 0 Å². The Hall–Kier alpha value is -0.590. The summed E-state index contributed by atoms with van der Waals surface area (Å²) in [7, 11) is 1.95. The molecule has 0 amide bonds. The lowest BCUT2D eigenvalue weighted by molar-refractivity contribution is 0.614. The van der Waals surface area contributed by atoms with E-state index in [0.29, 0.717) is 0 Å². The maximum Gasteiger partial charge on any atom is 0.0542 e. The van der Waals surface area contributed by atoms with Crippen LogP contribution in [-0.2, 0) is 13.5 Å². The van der Waals surface area contributed by atoms with E-state index in [4.69, 9.17) is 17.3 Å². The van der Waals surface area contributed by atoms with Gasteiger partial charge in [-0.1, -0.05) is 17.7 Å². The fourth-order valence-electron chi connectivity index (χ4n) is 1.86. The highest BCUT2D eigenvalue weighted by Gasteiger charge is 2.09. The smallest absolute Gasteiger partial charge is 0.0542 e. The van der Waals surface area contributed by atoms with Crippen LogP contribution in [0.15, 0.2) is 30.5 Å². The van der Waals surface area contributed by atoms with Gasteiger partial charge in [0.1, 0.15) is 0 Å². The molecule has 0 bridgehead atoms. The molecule has 1 atom stereocenters. The van der Waals surface area contributed by atoms with E-state index in [0.717, 1.165) is 27.0 Å². The van der Waals surface area contributed by atoms with Crippen LogP contribution in [0.25, 0.3) is 0 Å². The van der Waals surface area contributed by atoms with Gasteiger partial charge in [0.05, 0.1) is 5.02 Å². The Morgan fingerprint density at radius 2 is 2.22 bits per heavy atom. The van der Waals surface area contributed by atoms with Crippen molar-refractivity contribution in [3.8, 4) is 0 Å². The topological polar surface area (TPSA) is 43.8 Å². The Morgan fingerprint density at radius 1 is 1.44 bits per heavy atom. The summed E-state index contributed by atoms with van der Waals surface area (Å²) in [4.78, 5) is 0. The second-order valence-electron chi connectivity index (χ2n) is 4.26. The van der Waals surface area contributed by atoms with Crippen molar-refractivity contribution in [1.29, 1.82) is 0 Å². The molecular formula is C13H15ClIN3. The maximum atomic E-state index is 6.19. The Morgan fingerprint density at radius 3 is 2.83 bits per heavy atom. The van der Waals surface area contributed by atoms with Gasteiger partial charge in [0.15, 0.2) is 0 Å². The summed E-state index contributed by atoms with van der Waals surface area (Å²) in [6.45, 7) is 0. The van der Waals surface area contributed by atoms with Crippen LogP contribution in [-0.4, -0.2) is 9.78 Å². The molecule has 18 heavy (non-hydrogen) atoms. The van der Waals surface area contributed by atoms with E-state index < -0.39 is 0 Å². The molecule has 0 radical (unpaired) electrons. The normalized spacial score (nSPS) is 12.7. The lowest BCUT2D eigenvalue weighted by Gasteiger charge is -2.13. The molecule has 2 rings (SSSR count). The molecule has 5 heteroatoms. The van der Waals surface area contributed by atoms with E-state index in [9.17, 15) is 0 Å². The van der Waals surface area contributed by atoms with Gasteiger partial charge in [-0.2, -0.15) is 5.10 Å². The zero-order valence-corrected chi connectivity index (χ0v) is 13.0. The van der Waals surface area contributed by atoms with Gasteiger partial charge in [0.2, 0.25) is 0 Å². The molecule has 0 spiro atoms. The maximum absolute atomic E-state index is 6.19. The van der Waals surface area contributed by atoms with Crippen LogP contribution in [0.5, 0.6) is 0 Å². The zero-order chi connectivity index (χ0) is 13.1. The summed E-state index contributed by atoms with van der Waals surface area (Å²) < 4.78 is 2.94. The molecule has 0 fully saturated rings. The summed E-state index contributed by atoms with van der Waals surface area (Å²) in [5, 5.41) is 4.91. The lowest BCUT2D eigenvalue weighted by atomic mass is 10.0. The largest absolute Gasteiger partial charge is 0.324 e. The summed E-state index contributed by atoms with van der Waals surface area (Å²) in [6, 6.07) is 8.03. The predicted octanol–water partition coefficient (Wildman–Crippen LogP) is 3.31. The number of hydrogen-bond donors (Lipinski definition) is 1. The van der Waals surface area contributed by atoms with Gasteiger partial charge in [0, 0.05) is 28.6 Å². The monoisotopic (exact) mass is 375 g/mol. The zero-order valence-electron chi connectivity index (χ0n) is 10.1. The highest BCUT2D eigenvalue weighted by molar-refractivity contribution is 14.1. The predicted molar refractivity (Wildman–Crippen MR) is 82.6 cm³/mol. The Kier molecular flexibility index (Phi) is 4.64. The second-order valence-corrected chi connectivity index (χ2v) is 5.83. The van der Waals surface area contributed by atoms with E-state index in [-0.39, 0.29) is 6.04 Å². The molecule has 2 aromatic rings. The van der Waals surface area contributed by atoms with Crippen molar-refractivity contribution in [2.24, 2.45) is 12.8 Å². The van der Waals surface area contributed by atoms with Crippen LogP contribution in [0.3, 0.4) is 0 Å². The van der Waals surface area contributed by atoms with Crippen LogP contribution in [0.1, 0.15) is 23.7 Å². The van der Waals surface area contributed by atoms with Crippen molar-refractivity contribution in [3.05, 3.63) is 50.3 Å². The van der Waals surface area contributed by atoms with Gasteiger partial charge in [-0.05, 0) is 59.2 Å². The van der Waals surface area contributed by atoms with Crippen LogP contribution >= 0.6 is 34.2 Å². The number of nitrogens with zero attached hydrogens (tertiary/aromatic N) is 2. The fourth-order valence-corrected chi connectivity index (χ4v) is 2.38. The highest BCUT2D eigenvalue weighted by Crippen LogP contribution is 2.24. The summed E-state index contributed by atoms with van der Waals surface area (Å²) in [6.07, 6.45) is 3.61. The number of hydrogen-bond acceptors (Lipinski definition) is 2. The van der Waals surface area contributed by atoms with Crippen molar-refractivity contribution in [1.82, 2.24) is 9.78 Å². The number of rotatable bonds is 4. The van der Waals surface area contributed by atoms with Crippen LogP contribution in [0.2, 0.25) is 5.02 Å². The van der Waals surface area contributed by atoms with E-state index >= 15 is 0 Å². The minimum absolute atomic E-state index is 0.00870. The summed E-state index contributed by atoms with van der Waals surface area (Å²) in [5.41, 5.74) is 8.47. The van der Waals surface area contributed by atoms with Crippen LogP contribution in [0.4, 0.5) is 0 Å². The molecule has 1 heterocycles. The summed E-state index contributed by atoms with van der Waals surface area (Å²) in [5.74, 6) is 0. The Balaban J connectivity index is 2.01. The van der Waals surface area contributed by atoms with Crippen molar-refractivity contribution >= 4 is 34.2 Å². The average Bonchev–Trinajstić information content (AvgIpc) is 2.75. The third kappa shape index (κ3) is 3.24. The molecule has 3 nitrogen and oxygen atoms in total. The van der Waals surface area contributed by atoms with Gasteiger partial charge in [-0.3, -0.25) is 4.68 Å². The van der Waals surface area contributed by atoms with E-state index in [1.165, 1.54) is 5.69 Å². The van der Waals surface area contributed by atoms with Gasteiger partial charge < -0.3 is 5.73 Å². The molecule has 96 valence electrons. The van der Waals surface area contributed by atoms with Gasteiger partial charge >= 0.3 is 0 Å². The molecular weight excluding hydrogens is 361 g/mol. The second kappa shape index (κ2) is 6.04. The number of nitrogens with two attached hydrogens (primary N) is 1. The first-order chi connectivity index (χ1) is 8.58. The average molecular weight is 376 g/mol. The third-order valence-corrected chi connectivity index (χ3v) is 4.58. The van der Waals surface area contributed by atoms with Crippen molar-refractivity contribution < 1.29 is 0 Å². The Labute approximate surface area is 125 Å². The molecule has 1 aromatic carbocycles. The molecule has 0 aliphatic carbocycles. The minimum atomic E-state index is 0.00870. The molecule has 0 aliphatic heterocycles. The van der Waals surface area contributed by atoms with E-state index in [2.05, 4.69) is 27.7 Å². The minimum Gasteiger partial charge on any atom is -0.324 e. The van der Waals surface area contributed by atoms with Crippen LogP contribution < -0.4 is 5.73 Å². The molecule has 0 saturated heterocycles. The molecule has 1 unspecified atom stereocenters. The SMILES string of the molecule is Cn1nccc1CCC(N)c1ccc(I)c(Cl)c1. The molecule has 0 saturated carbocycles. The van der Waals surface area contributed by atoms with Gasteiger partial charge in [0.25, 0.3) is 0 Å². The number of aromatic nitrogens is 2. The highest BCUT2D eigenvalue weighted by atomic mass is 127. The number of aryl methyl sites for hydroxylation is 2. The number of halogens is 2. The van der Waals surface area contributed by atoms with Gasteiger partial charge in [-0.25, -0.2) is 0 Å². The van der Waals surface area contributed by atoms with Gasteiger partial charge in [-0.15, -0.1) is 0 Å². The first-order valence-corrected chi connectivity index (χ1v) is 7.21. The molecule has 2 N–H and O–H groups in total.